The SMILES string of the molecule is CCCCc1ccc(COOCc2ccc(CCCC)c(CCCC)c2CCCC)c(CCCC)c1CCCC. The molecule has 0 saturated heterocycles. The Morgan fingerprint density at radius 3 is 0.900 bits per heavy atom. The molecular formula is C38H62O2. The van der Waals surface area contributed by atoms with E-state index in [1.165, 1.54) is 114 Å². The van der Waals surface area contributed by atoms with Gasteiger partial charge in [0.05, 0.1) is 0 Å². The molecule has 226 valence electrons. The molecule has 2 nitrogen and oxygen atoms in total. The average molecular weight is 551 g/mol. The Balaban J connectivity index is 2.23. The van der Waals surface area contributed by atoms with Crippen LogP contribution in [0.5, 0.6) is 0 Å². The van der Waals surface area contributed by atoms with Gasteiger partial charge in [-0.3, -0.25) is 0 Å². The Bertz CT molecular complexity index is 867. The van der Waals surface area contributed by atoms with Crippen molar-refractivity contribution >= 4 is 0 Å². The van der Waals surface area contributed by atoms with Crippen LogP contribution in [0.3, 0.4) is 0 Å². The standard InChI is InChI=1S/C38H62O2/c1-7-13-19-31-25-27-33(37(23-17-11-5)35(31)21-15-9-3)29-39-40-30-34-28-26-32(20-14-8-2)36(22-16-10-4)38(34)24-18-12-6/h25-28H,7-24,29-30H2,1-6H3. The molecule has 2 aromatic carbocycles. The predicted octanol–water partition coefficient (Wildman–Crippen LogP) is 11.4. The van der Waals surface area contributed by atoms with E-state index in [-0.39, 0.29) is 0 Å². The zero-order valence-electron chi connectivity index (χ0n) is 27.3. The maximum Gasteiger partial charge on any atom is 0.108 e. The van der Waals surface area contributed by atoms with Crippen LogP contribution in [-0.2, 0) is 61.5 Å². The Morgan fingerprint density at radius 1 is 0.350 bits per heavy atom. The van der Waals surface area contributed by atoms with Gasteiger partial charge < -0.3 is 0 Å². The third-order valence-corrected chi connectivity index (χ3v) is 8.48. The van der Waals surface area contributed by atoms with Crippen molar-refractivity contribution in [3.8, 4) is 0 Å². The molecule has 0 aliphatic heterocycles. The number of benzene rings is 2. The number of unbranched alkanes of at least 4 members (excludes halogenated alkanes) is 6. The second-order valence-corrected chi connectivity index (χ2v) is 11.8. The van der Waals surface area contributed by atoms with Gasteiger partial charge in [0.1, 0.15) is 13.2 Å². The summed E-state index contributed by atoms with van der Waals surface area (Å²) < 4.78 is 0. The first-order valence-electron chi connectivity index (χ1n) is 17.1. The molecular weight excluding hydrogens is 488 g/mol. The zero-order chi connectivity index (χ0) is 29.0. The van der Waals surface area contributed by atoms with Gasteiger partial charge in [0.25, 0.3) is 0 Å². The van der Waals surface area contributed by atoms with Crippen LogP contribution in [0.1, 0.15) is 163 Å². The molecule has 2 rings (SSSR count). The summed E-state index contributed by atoms with van der Waals surface area (Å²) in [5.41, 5.74) is 12.1. The molecule has 0 spiro atoms. The predicted molar refractivity (Wildman–Crippen MR) is 174 cm³/mol. The van der Waals surface area contributed by atoms with Gasteiger partial charge in [0.2, 0.25) is 0 Å². The van der Waals surface area contributed by atoms with Crippen LogP contribution in [0, 0.1) is 0 Å². The van der Waals surface area contributed by atoms with Crippen molar-refractivity contribution in [1.82, 2.24) is 0 Å². The zero-order valence-corrected chi connectivity index (χ0v) is 27.3. The van der Waals surface area contributed by atoms with E-state index < -0.39 is 0 Å². The van der Waals surface area contributed by atoms with Gasteiger partial charge in [-0.25, -0.2) is 9.78 Å². The van der Waals surface area contributed by atoms with Crippen LogP contribution in [-0.4, -0.2) is 0 Å². The molecule has 0 unspecified atom stereocenters. The molecule has 0 amide bonds. The van der Waals surface area contributed by atoms with Crippen LogP contribution in [0.2, 0.25) is 0 Å². The highest BCUT2D eigenvalue weighted by Gasteiger charge is 2.16. The molecule has 0 aliphatic rings. The van der Waals surface area contributed by atoms with E-state index in [1.54, 1.807) is 33.4 Å². The Labute approximate surface area is 248 Å². The van der Waals surface area contributed by atoms with E-state index in [0.717, 1.165) is 12.8 Å². The number of rotatable bonds is 23. The van der Waals surface area contributed by atoms with E-state index in [4.69, 9.17) is 9.78 Å². The van der Waals surface area contributed by atoms with Crippen molar-refractivity contribution in [2.75, 3.05) is 0 Å². The summed E-state index contributed by atoms with van der Waals surface area (Å²) in [6.07, 6.45) is 22.0. The second-order valence-electron chi connectivity index (χ2n) is 11.8. The summed E-state index contributed by atoms with van der Waals surface area (Å²) in [5.74, 6) is 0. The molecule has 0 heterocycles. The maximum atomic E-state index is 6.00. The van der Waals surface area contributed by atoms with Crippen LogP contribution in [0.25, 0.3) is 0 Å². The minimum absolute atomic E-state index is 0.536. The van der Waals surface area contributed by atoms with E-state index in [2.05, 4.69) is 65.8 Å². The molecule has 0 N–H and O–H groups in total. The summed E-state index contributed by atoms with van der Waals surface area (Å²) in [6.45, 7) is 14.9. The second kappa shape index (κ2) is 21.1. The van der Waals surface area contributed by atoms with Gasteiger partial charge in [0.15, 0.2) is 0 Å². The molecule has 0 bridgehead atoms. The van der Waals surface area contributed by atoms with Gasteiger partial charge in [-0.1, -0.05) is 104 Å². The van der Waals surface area contributed by atoms with Gasteiger partial charge in [-0.2, -0.15) is 0 Å². The van der Waals surface area contributed by atoms with E-state index in [0.29, 0.717) is 13.2 Å². The van der Waals surface area contributed by atoms with Crippen molar-refractivity contribution in [2.24, 2.45) is 0 Å². The van der Waals surface area contributed by atoms with Crippen molar-refractivity contribution in [3.63, 3.8) is 0 Å². The lowest BCUT2D eigenvalue weighted by Crippen LogP contribution is -2.09. The summed E-state index contributed by atoms with van der Waals surface area (Å²) in [4.78, 5) is 12.0. The third-order valence-electron chi connectivity index (χ3n) is 8.48. The third kappa shape index (κ3) is 11.3. The molecule has 0 aliphatic carbocycles. The molecule has 40 heavy (non-hydrogen) atoms. The first-order chi connectivity index (χ1) is 19.6. The molecule has 2 heteroatoms. The summed E-state index contributed by atoms with van der Waals surface area (Å²) in [7, 11) is 0. The number of aryl methyl sites for hydroxylation is 2. The molecule has 0 aromatic heterocycles. The minimum Gasteiger partial charge on any atom is -0.232 e. The monoisotopic (exact) mass is 550 g/mol. The summed E-state index contributed by atoms with van der Waals surface area (Å²) >= 11 is 0. The lowest BCUT2D eigenvalue weighted by molar-refractivity contribution is -0.313. The molecule has 0 atom stereocenters. The van der Waals surface area contributed by atoms with Gasteiger partial charge in [-0.05, 0) is 122 Å². The quantitative estimate of drug-likeness (QED) is 0.0778. The van der Waals surface area contributed by atoms with Crippen molar-refractivity contribution in [2.45, 2.75) is 170 Å². The lowest BCUT2D eigenvalue weighted by Gasteiger charge is -2.20. The molecule has 0 saturated carbocycles. The first-order valence-corrected chi connectivity index (χ1v) is 17.1. The van der Waals surface area contributed by atoms with Crippen molar-refractivity contribution in [1.29, 1.82) is 0 Å². The first kappa shape index (κ1) is 34.6. The lowest BCUT2D eigenvalue weighted by atomic mass is 9.88. The number of hydrogen-bond acceptors (Lipinski definition) is 2. The van der Waals surface area contributed by atoms with E-state index in [9.17, 15) is 0 Å². The largest absolute Gasteiger partial charge is 0.232 e. The fourth-order valence-corrected chi connectivity index (χ4v) is 5.92. The highest BCUT2D eigenvalue weighted by molar-refractivity contribution is 5.43. The fourth-order valence-electron chi connectivity index (χ4n) is 5.92. The summed E-state index contributed by atoms with van der Waals surface area (Å²) in [6, 6.07) is 9.42. The van der Waals surface area contributed by atoms with Gasteiger partial charge in [0, 0.05) is 0 Å². The summed E-state index contributed by atoms with van der Waals surface area (Å²) in [5, 5.41) is 0. The average Bonchev–Trinajstić information content (AvgIpc) is 2.97. The van der Waals surface area contributed by atoms with Crippen LogP contribution in [0.4, 0.5) is 0 Å². The highest BCUT2D eigenvalue weighted by Crippen LogP contribution is 2.28. The maximum absolute atomic E-state index is 6.00. The highest BCUT2D eigenvalue weighted by atomic mass is 17.2. The number of hydrogen-bond donors (Lipinski definition) is 0. The van der Waals surface area contributed by atoms with Gasteiger partial charge in [-0.15, -0.1) is 0 Å². The molecule has 0 fully saturated rings. The van der Waals surface area contributed by atoms with Crippen LogP contribution in [0.15, 0.2) is 24.3 Å². The Hall–Kier alpha value is -1.64. The van der Waals surface area contributed by atoms with Crippen molar-refractivity contribution in [3.05, 3.63) is 68.8 Å². The Kier molecular flexibility index (Phi) is 18.2. The van der Waals surface area contributed by atoms with E-state index in [1.807, 2.05) is 0 Å². The smallest absolute Gasteiger partial charge is 0.108 e. The Morgan fingerprint density at radius 2 is 0.600 bits per heavy atom. The molecule has 2 aromatic rings. The van der Waals surface area contributed by atoms with Gasteiger partial charge >= 0.3 is 0 Å². The molecule has 0 radical (unpaired) electrons. The van der Waals surface area contributed by atoms with Crippen molar-refractivity contribution < 1.29 is 9.78 Å². The fraction of sp³-hybridized carbons (Fsp3) is 0.684. The van der Waals surface area contributed by atoms with Crippen LogP contribution < -0.4 is 0 Å². The van der Waals surface area contributed by atoms with Crippen LogP contribution >= 0.6 is 0 Å². The topological polar surface area (TPSA) is 18.5 Å². The normalized spacial score (nSPS) is 11.4. The minimum atomic E-state index is 0.536. The van der Waals surface area contributed by atoms with E-state index >= 15 is 0 Å².